The number of piperidine rings is 2. The number of amides is 1. The van der Waals surface area contributed by atoms with E-state index in [4.69, 9.17) is 0 Å². The lowest BCUT2D eigenvalue weighted by molar-refractivity contribution is -0.136. The van der Waals surface area contributed by atoms with Crippen molar-refractivity contribution in [3.63, 3.8) is 0 Å². The van der Waals surface area contributed by atoms with Crippen LogP contribution in [0.15, 0.2) is 0 Å². The Labute approximate surface area is 149 Å². The number of carbonyl (C=O) groups is 1. The molecule has 2 aliphatic heterocycles. The summed E-state index contributed by atoms with van der Waals surface area (Å²) < 4.78 is 1.64. The number of aromatic nitrogens is 4. The predicted molar refractivity (Wildman–Crippen MR) is 92.5 cm³/mol. The number of tetrazole rings is 1. The van der Waals surface area contributed by atoms with E-state index in [1.54, 1.807) is 4.68 Å². The van der Waals surface area contributed by atoms with Crippen LogP contribution in [-0.2, 0) is 17.9 Å². The molecule has 1 unspecified atom stereocenters. The first-order chi connectivity index (χ1) is 12.2. The summed E-state index contributed by atoms with van der Waals surface area (Å²) in [7, 11) is 0. The third-order valence-electron chi connectivity index (χ3n) is 5.54. The smallest absolute Gasteiger partial charge is 0.244 e. The molecule has 1 N–H and O–H groups in total. The molecule has 1 aromatic heterocycles. The molecule has 0 radical (unpaired) electrons. The van der Waals surface area contributed by atoms with Gasteiger partial charge in [-0.05, 0) is 68.0 Å². The summed E-state index contributed by atoms with van der Waals surface area (Å²) in [5, 5.41) is 21.2. The highest BCUT2D eigenvalue weighted by Gasteiger charge is 2.27. The summed E-state index contributed by atoms with van der Waals surface area (Å²) in [6, 6.07) is 0.148. The summed E-state index contributed by atoms with van der Waals surface area (Å²) in [4.78, 5) is 17.0. The minimum atomic E-state index is 0.0546. The van der Waals surface area contributed by atoms with Gasteiger partial charge in [-0.1, -0.05) is 6.92 Å². The number of aliphatic hydroxyl groups is 1. The van der Waals surface area contributed by atoms with Crippen LogP contribution >= 0.6 is 0 Å². The Morgan fingerprint density at radius 2 is 2.00 bits per heavy atom. The van der Waals surface area contributed by atoms with Crippen molar-refractivity contribution in [3.05, 3.63) is 5.82 Å². The monoisotopic (exact) mass is 350 g/mol. The summed E-state index contributed by atoms with van der Waals surface area (Å²) in [5.41, 5.74) is 0. The molecule has 25 heavy (non-hydrogen) atoms. The molecule has 3 heterocycles. The van der Waals surface area contributed by atoms with Crippen LogP contribution in [0.2, 0.25) is 0 Å². The SMILES string of the molecule is CC1CCN(Cc2nnnn2CC(=O)N2CCCCC2CCO)CC1. The van der Waals surface area contributed by atoms with Gasteiger partial charge in [0, 0.05) is 19.2 Å². The van der Waals surface area contributed by atoms with Crippen LogP contribution in [0.5, 0.6) is 0 Å². The maximum absolute atomic E-state index is 12.8. The Morgan fingerprint density at radius 3 is 2.76 bits per heavy atom. The van der Waals surface area contributed by atoms with Crippen molar-refractivity contribution in [2.24, 2.45) is 5.92 Å². The first-order valence-electron chi connectivity index (χ1n) is 9.55. The Morgan fingerprint density at radius 1 is 1.20 bits per heavy atom. The molecule has 0 aliphatic carbocycles. The minimum Gasteiger partial charge on any atom is -0.396 e. The Hall–Kier alpha value is -1.54. The second kappa shape index (κ2) is 8.71. The van der Waals surface area contributed by atoms with Crippen molar-refractivity contribution in [1.29, 1.82) is 0 Å². The van der Waals surface area contributed by atoms with Gasteiger partial charge in [-0.15, -0.1) is 5.10 Å². The number of carbonyl (C=O) groups excluding carboxylic acids is 1. The largest absolute Gasteiger partial charge is 0.396 e. The van der Waals surface area contributed by atoms with Crippen molar-refractivity contribution in [2.45, 2.75) is 64.6 Å². The van der Waals surface area contributed by atoms with Crippen LogP contribution in [-0.4, -0.2) is 73.3 Å². The van der Waals surface area contributed by atoms with Gasteiger partial charge in [0.25, 0.3) is 0 Å². The van der Waals surface area contributed by atoms with E-state index in [1.165, 1.54) is 12.8 Å². The third-order valence-corrected chi connectivity index (χ3v) is 5.54. The van der Waals surface area contributed by atoms with E-state index in [-0.39, 0.29) is 25.1 Å². The van der Waals surface area contributed by atoms with Gasteiger partial charge in [0.15, 0.2) is 5.82 Å². The molecule has 0 aromatic carbocycles. The average Bonchev–Trinajstić information content (AvgIpc) is 3.04. The average molecular weight is 350 g/mol. The van der Waals surface area contributed by atoms with Crippen molar-refractivity contribution in [2.75, 3.05) is 26.2 Å². The van der Waals surface area contributed by atoms with Crippen molar-refractivity contribution in [1.82, 2.24) is 30.0 Å². The molecule has 140 valence electrons. The minimum absolute atomic E-state index is 0.0546. The lowest BCUT2D eigenvalue weighted by Crippen LogP contribution is -2.46. The van der Waals surface area contributed by atoms with E-state index in [0.717, 1.165) is 50.6 Å². The van der Waals surface area contributed by atoms with E-state index < -0.39 is 0 Å². The van der Waals surface area contributed by atoms with E-state index in [1.807, 2.05) is 4.90 Å². The molecule has 1 aromatic rings. The lowest BCUT2D eigenvalue weighted by atomic mass is 9.99. The predicted octanol–water partition coefficient (Wildman–Crippen LogP) is 0.669. The van der Waals surface area contributed by atoms with Crippen molar-refractivity contribution >= 4 is 5.91 Å². The highest BCUT2D eigenvalue weighted by atomic mass is 16.3. The molecule has 8 nitrogen and oxygen atoms in total. The van der Waals surface area contributed by atoms with Crippen molar-refractivity contribution < 1.29 is 9.90 Å². The highest BCUT2D eigenvalue weighted by Crippen LogP contribution is 2.20. The van der Waals surface area contributed by atoms with Crippen LogP contribution in [0, 0.1) is 5.92 Å². The van der Waals surface area contributed by atoms with Gasteiger partial charge in [-0.2, -0.15) is 0 Å². The maximum Gasteiger partial charge on any atom is 0.244 e. The fraction of sp³-hybridized carbons (Fsp3) is 0.882. The number of likely N-dealkylation sites (tertiary alicyclic amines) is 2. The number of hydrogen-bond acceptors (Lipinski definition) is 6. The molecule has 1 amide bonds. The standard InChI is InChI=1S/C17H30N6O2/c1-14-5-9-21(10-6-14)12-16-18-19-20-23(16)13-17(25)22-8-3-2-4-15(22)7-11-24/h14-15,24H,2-13H2,1H3. The third kappa shape index (κ3) is 4.76. The zero-order valence-corrected chi connectivity index (χ0v) is 15.2. The topological polar surface area (TPSA) is 87.4 Å². The first kappa shape index (κ1) is 18.3. The normalized spacial score (nSPS) is 23.1. The molecule has 0 saturated carbocycles. The summed E-state index contributed by atoms with van der Waals surface area (Å²) >= 11 is 0. The van der Waals surface area contributed by atoms with E-state index in [0.29, 0.717) is 13.0 Å². The summed E-state index contributed by atoms with van der Waals surface area (Å²) in [6.45, 7) is 6.20. The molecule has 0 bridgehead atoms. The van der Waals surface area contributed by atoms with Crippen LogP contribution < -0.4 is 0 Å². The molecule has 2 saturated heterocycles. The Balaban J connectivity index is 1.59. The van der Waals surface area contributed by atoms with E-state index >= 15 is 0 Å². The number of rotatable bonds is 6. The number of hydrogen-bond donors (Lipinski definition) is 1. The van der Waals surface area contributed by atoms with E-state index in [2.05, 4.69) is 27.3 Å². The molecule has 1 atom stereocenters. The molecule has 2 fully saturated rings. The molecular weight excluding hydrogens is 320 g/mol. The maximum atomic E-state index is 12.8. The second-order valence-electron chi connectivity index (χ2n) is 7.46. The quantitative estimate of drug-likeness (QED) is 0.811. The fourth-order valence-corrected chi connectivity index (χ4v) is 3.88. The van der Waals surface area contributed by atoms with Gasteiger partial charge in [0.2, 0.25) is 5.91 Å². The zero-order chi connectivity index (χ0) is 17.6. The number of nitrogens with zero attached hydrogens (tertiary/aromatic N) is 6. The van der Waals surface area contributed by atoms with Gasteiger partial charge in [0.05, 0.1) is 6.54 Å². The Kier molecular flexibility index (Phi) is 6.36. The van der Waals surface area contributed by atoms with Crippen LogP contribution in [0.25, 0.3) is 0 Å². The zero-order valence-electron chi connectivity index (χ0n) is 15.2. The van der Waals surface area contributed by atoms with Gasteiger partial charge < -0.3 is 10.0 Å². The van der Waals surface area contributed by atoms with Crippen LogP contribution in [0.4, 0.5) is 0 Å². The van der Waals surface area contributed by atoms with Crippen molar-refractivity contribution in [3.8, 4) is 0 Å². The second-order valence-corrected chi connectivity index (χ2v) is 7.46. The van der Waals surface area contributed by atoms with Crippen LogP contribution in [0.3, 0.4) is 0 Å². The van der Waals surface area contributed by atoms with Gasteiger partial charge in [-0.25, -0.2) is 4.68 Å². The Bertz CT molecular complexity index is 553. The molecule has 0 spiro atoms. The molecule has 3 rings (SSSR count). The molecule has 2 aliphatic rings. The highest BCUT2D eigenvalue weighted by molar-refractivity contribution is 5.76. The first-order valence-corrected chi connectivity index (χ1v) is 9.55. The number of aliphatic hydroxyl groups excluding tert-OH is 1. The van der Waals surface area contributed by atoms with Gasteiger partial charge in [-0.3, -0.25) is 9.69 Å². The van der Waals surface area contributed by atoms with E-state index in [9.17, 15) is 9.90 Å². The van der Waals surface area contributed by atoms with Crippen LogP contribution in [0.1, 0.15) is 51.3 Å². The van der Waals surface area contributed by atoms with Gasteiger partial charge in [0.1, 0.15) is 6.54 Å². The van der Waals surface area contributed by atoms with Gasteiger partial charge >= 0.3 is 0 Å². The molecule has 8 heteroatoms. The summed E-state index contributed by atoms with van der Waals surface area (Å²) in [6.07, 6.45) is 6.19. The lowest BCUT2D eigenvalue weighted by Gasteiger charge is -2.35. The fourth-order valence-electron chi connectivity index (χ4n) is 3.88. The summed E-state index contributed by atoms with van der Waals surface area (Å²) in [5.74, 6) is 1.61. The molecular formula is C17H30N6O2.